The first-order valence-electron chi connectivity index (χ1n) is 6.63. The Balaban J connectivity index is 1.95. The van der Waals surface area contributed by atoms with Gasteiger partial charge in [-0.05, 0) is 35.9 Å². The molecule has 0 saturated heterocycles. The molecule has 3 aromatic rings. The third kappa shape index (κ3) is 2.72. The fourth-order valence-electron chi connectivity index (χ4n) is 2.27. The topological polar surface area (TPSA) is 41.6 Å². The van der Waals surface area contributed by atoms with Crippen LogP contribution in [0, 0.1) is 23.0 Å². The van der Waals surface area contributed by atoms with Crippen LogP contribution >= 0.6 is 0 Å². The lowest BCUT2D eigenvalue weighted by molar-refractivity contribution is 0.509. The van der Waals surface area contributed by atoms with Crippen molar-refractivity contribution in [1.29, 1.82) is 5.26 Å². The van der Waals surface area contributed by atoms with Gasteiger partial charge in [-0.15, -0.1) is 0 Å². The molecule has 3 rings (SSSR count). The van der Waals surface area contributed by atoms with E-state index in [-0.39, 0.29) is 0 Å². The maximum Gasteiger partial charge on any atom is 0.159 e. The molecule has 108 valence electrons. The molecule has 0 amide bonds. The van der Waals surface area contributed by atoms with E-state index in [1.165, 1.54) is 6.07 Å². The summed E-state index contributed by atoms with van der Waals surface area (Å²) in [6, 6.07) is 13.0. The Labute approximate surface area is 126 Å². The van der Waals surface area contributed by atoms with Gasteiger partial charge in [-0.1, -0.05) is 12.1 Å². The van der Waals surface area contributed by atoms with Crippen molar-refractivity contribution < 1.29 is 8.78 Å². The van der Waals surface area contributed by atoms with Gasteiger partial charge in [0.2, 0.25) is 0 Å². The quantitative estimate of drug-likeness (QED) is 0.738. The Morgan fingerprint density at radius 3 is 2.73 bits per heavy atom. The van der Waals surface area contributed by atoms with E-state index in [1.807, 2.05) is 16.7 Å². The van der Waals surface area contributed by atoms with E-state index < -0.39 is 11.6 Å². The molecule has 0 bridgehead atoms. The predicted octanol–water partition coefficient (Wildman–Crippen LogP) is 3.75. The minimum Gasteiger partial charge on any atom is -0.327 e. The van der Waals surface area contributed by atoms with E-state index in [4.69, 9.17) is 5.26 Å². The highest BCUT2D eigenvalue weighted by Gasteiger charge is 2.10. The van der Waals surface area contributed by atoms with E-state index in [0.29, 0.717) is 23.5 Å². The summed E-state index contributed by atoms with van der Waals surface area (Å²) in [5.41, 5.74) is 2.01. The number of hydrogen-bond donors (Lipinski definition) is 0. The lowest BCUT2D eigenvalue weighted by Crippen LogP contribution is -2.02. The van der Waals surface area contributed by atoms with Gasteiger partial charge in [0.25, 0.3) is 0 Å². The first-order chi connectivity index (χ1) is 10.7. The molecule has 0 aliphatic rings. The molecule has 0 spiro atoms. The van der Waals surface area contributed by atoms with Crippen LogP contribution < -0.4 is 0 Å². The second-order valence-corrected chi connectivity index (χ2v) is 4.82. The van der Waals surface area contributed by atoms with Gasteiger partial charge in [-0.3, -0.25) is 0 Å². The van der Waals surface area contributed by atoms with Crippen molar-refractivity contribution in [1.82, 2.24) is 9.55 Å². The summed E-state index contributed by atoms with van der Waals surface area (Å²) in [4.78, 5) is 4.20. The maximum absolute atomic E-state index is 13.4. The fraction of sp³-hybridized carbons (Fsp3) is 0.0588. The number of nitriles is 1. The summed E-state index contributed by atoms with van der Waals surface area (Å²) < 4.78 is 28.2. The Kier molecular flexibility index (Phi) is 3.67. The van der Waals surface area contributed by atoms with Crippen LogP contribution in [0.15, 0.2) is 54.9 Å². The minimum atomic E-state index is -0.904. The molecule has 2 aromatic carbocycles. The Hall–Kier alpha value is -3.00. The number of benzene rings is 2. The largest absolute Gasteiger partial charge is 0.327 e. The second kappa shape index (κ2) is 5.78. The summed E-state index contributed by atoms with van der Waals surface area (Å²) in [5.74, 6) is -1.25. The summed E-state index contributed by atoms with van der Waals surface area (Å²) >= 11 is 0. The van der Waals surface area contributed by atoms with Gasteiger partial charge in [0, 0.05) is 24.5 Å². The van der Waals surface area contributed by atoms with Crippen molar-refractivity contribution in [3.05, 3.63) is 77.6 Å². The number of nitrogens with zero attached hydrogens (tertiary/aromatic N) is 3. The first-order valence-corrected chi connectivity index (χ1v) is 6.63. The molecule has 1 heterocycles. The van der Waals surface area contributed by atoms with Gasteiger partial charge in [-0.25, -0.2) is 13.8 Å². The van der Waals surface area contributed by atoms with E-state index in [1.54, 1.807) is 24.5 Å². The van der Waals surface area contributed by atoms with Crippen LogP contribution in [-0.4, -0.2) is 9.55 Å². The average Bonchev–Trinajstić information content (AvgIpc) is 2.98. The van der Waals surface area contributed by atoms with Gasteiger partial charge in [-0.2, -0.15) is 5.26 Å². The Morgan fingerprint density at radius 2 is 1.95 bits per heavy atom. The lowest BCUT2D eigenvalue weighted by atomic mass is 10.1. The highest BCUT2D eigenvalue weighted by Crippen LogP contribution is 2.21. The zero-order valence-corrected chi connectivity index (χ0v) is 11.5. The van der Waals surface area contributed by atoms with E-state index in [0.717, 1.165) is 17.7 Å². The van der Waals surface area contributed by atoms with Gasteiger partial charge in [0.1, 0.15) is 5.82 Å². The predicted molar refractivity (Wildman–Crippen MR) is 77.8 cm³/mol. The molecule has 0 fully saturated rings. The molecule has 0 N–H and O–H groups in total. The Morgan fingerprint density at radius 1 is 1.09 bits per heavy atom. The van der Waals surface area contributed by atoms with Gasteiger partial charge in [0.15, 0.2) is 11.6 Å². The number of halogens is 2. The van der Waals surface area contributed by atoms with Gasteiger partial charge >= 0.3 is 0 Å². The summed E-state index contributed by atoms with van der Waals surface area (Å²) in [5, 5.41) is 8.93. The van der Waals surface area contributed by atoms with Crippen molar-refractivity contribution in [3.8, 4) is 17.5 Å². The molecule has 5 heteroatoms. The number of imidazole rings is 1. The number of hydrogen-bond acceptors (Lipinski definition) is 2. The molecular formula is C17H11F2N3. The number of aromatic nitrogens is 2. The standard InChI is InChI=1S/C17H11F2N3/c18-15-5-4-14(9-16(15)19)17-21-6-7-22(17)11-13-3-1-2-12(8-13)10-20/h1-9H,11H2. The van der Waals surface area contributed by atoms with Crippen molar-refractivity contribution >= 4 is 0 Å². The van der Waals surface area contributed by atoms with Crippen molar-refractivity contribution in [2.75, 3.05) is 0 Å². The van der Waals surface area contributed by atoms with Crippen LogP contribution in [0.5, 0.6) is 0 Å². The third-order valence-corrected chi connectivity index (χ3v) is 3.30. The van der Waals surface area contributed by atoms with Crippen LogP contribution in [0.25, 0.3) is 11.4 Å². The van der Waals surface area contributed by atoms with Gasteiger partial charge in [0.05, 0.1) is 11.6 Å². The highest BCUT2D eigenvalue weighted by molar-refractivity contribution is 5.55. The van der Waals surface area contributed by atoms with Crippen LogP contribution in [-0.2, 0) is 6.54 Å². The fourth-order valence-corrected chi connectivity index (χ4v) is 2.27. The molecule has 0 atom stereocenters. The molecule has 0 aliphatic heterocycles. The third-order valence-electron chi connectivity index (χ3n) is 3.30. The zero-order chi connectivity index (χ0) is 15.5. The van der Waals surface area contributed by atoms with Crippen LogP contribution in [0.4, 0.5) is 8.78 Å². The summed E-state index contributed by atoms with van der Waals surface area (Å²) in [6.07, 6.45) is 3.36. The number of rotatable bonds is 3. The molecular weight excluding hydrogens is 284 g/mol. The van der Waals surface area contributed by atoms with Crippen molar-refractivity contribution in [3.63, 3.8) is 0 Å². The molecule has 0 saturated carbocycles. The lowest BCUT2D eigenvalue weighted by Gasteiger charge is -2.09. The van der Waals surface area contributed by atoms with E-state index >= 15 is 0 Å². The zero-order valence-electron chi connectivity index (χ0n) is 11.5. The molecule has 0 aliphatic carbocycles. The van der Waals surface area contributed by atoms with Crippen LogP contribution in [0.1, 0.15) is 11.1 Å². The SMILES string of the molecule is N#Cc1cccc(Cn2ccnc2-c2ccc(F)c(F)c2)c1. The molecule has 22 heavy (non-hydrogen) atoms. The van der Waals surface area contributed by atoms with Crippen LogP contribution in [0.2, 0.25) is 0 Å². The minimum absolute atomic E-state index is 0.490. The van der Waals surface area contributed by atoms with Crippen LogP contribution in [0.3, 0.4) is 0 Å². The summed E-state index contributed by atoms with van der Waals surface area (Å²) in [7, 11) is 0. The molecule has 0 unspecified atom stereocenters. The van der Waals surface area contributed by atoms with E-state index in [2.05, 4.69) is 11.1 Å². The van der Waals surface area contributed by atoms with Crippen molar-refractivity contribution in [2.24, 2.45) is 0 Å². The molecule has 1 aromatic heterocycles. The van der Waals surface area contributed by atoms with Crippen molar-refractivity contribution in [2.45, 2.75) is 6.54 Å². The average molecular weight is 295 g/mol. The smallest absolute Gasteiger partial charge is 0.159 e. The monoisotopic (exact) mass is 295 g/mol. The van der Waals surface area contributed by atoms with Gasteiger partial charge < -0.3 is 4.57 Å². The normalized spacial score (nSPS) is 10.4. The van der Waals surface area contributed by atoms with E-state index in [9.17, 15) is 8.78 Å². The second-order valence-electron chi connectivity index (χ2n) is 4.82. The summed E-state index contributed by atoms with van der Waals surface area (Å²) in [6.45, 7) is 0.490. The highest BCUT2D eigenvalue weighted by atomic mass is 19.2. The first kappa shape index (κ1) is 14.0. The molecule has 0 radical (unpaired) electrons. The Bertz CT molecular complexity index is 862. The maximum atomic E-state index is 13.4. The molecule has 3 nitrogen and oxygen atoms in total.